The zero-order valence-corrected chi connectivity index (χ0v) is 15.2. The van der Waals surface area contributed by atoms with E-state index in [0.29, 0.717) is 17.0 Å². The number of benzene rings is 2. The van der Waals surface area contributed by atoms with Gasteiger partial charge >= 0.3 is 0 Å². The van der Waals surface area contributed by atoms with Crippen LogP contribution in [0.25, 0.3) is 5.65 Å². The summed E-state index contributed by atoms with van der Waals surface area (Å²) in [4.78, 5) is 20.4. The van der Waals surface area contributed by atoms with Crippen molar-refractivity contribution >= 4 is 11.6 Å². The van der Waals surface area contributed by atoms with Gasteiger partial charge in [0.05, 0.1) is 6.20 Å². The summed E-state index contributed by atoms with van der Waals surface area (Å²) < 4.78 is 35.0. The Bertz CT molecular complexity index is 1140. The van der Waals surface area contributed by atoms with Crippen LogP contribution in [0.15, 0.2) is 67.3 Å². The number of ether oxygens (including phenoxy) is 1. The molecule has 0 aliphatic rings. The standard InChI is InChI=1S/C21H16F2N4O2/c22-17-4-2-1-3-14(17)13-29-16-5-6-18(23)15(9-16)10-25-21(28)19-12-27-8-7-24-11-20(27)26-19/h1-9,11-12H,10,13H2,(H,25,28). The van der Waals surface area contributed by atoms with Gasteiger partial charge in [-0.05, 0) is 24.3 Å². The normalized spacial score (nSPS) is 10.8. The van der Waals surface area contributed by atoms with E-state index in [1.807, 2.05) is 0 Å². The molecule has 2 aromatic carbocycles. The number of carbonyl (C=O) groups is 1. The van der Waals surface area contributed by atoms with Gasteiger partial charge in [-0.25, -0.2) is 13.8 Å². The highest BCUT2D eigenvalue weighted by atomic mass is 19.1. The minimum absolute atomic E-state index is 0.0133. The molecule has 0 spiro atoms. The SMILES string of the molecule is O=C(NCc1cc(OCc2ccccc2F)ccc1F)c1cn2ccncc2n1. The van der Waals surface area contributed by atoms with E-state index in [4.69, 9.17) is 4.74 Å². The number of carbonyl (C=O) groups excluding carboxylic acids is 1. The van der Waals surface area contributed by atoms with Crippen molar-refractivity contribution in [2.24, 2.45) is 0 Å². The molecule has 0 atom stereocenters. The Labute approximate surface area is 164 Å². The molecule has 0 aliphatic carbocycles. The Morgan fingerprint density at radius 2 is 1.93 bits per heavy atom. The van der Waals surface area contributed by atoms with Gasteiger partial charge in [0.15, 0.2) is 5.65 Å². The molecule has 0 saturated carbocycles. The van der Waals surface area contributed by atoms with Crippen molar-refractivity contribution in [3.05, 3.63) is 95.7 Å². The summed E-state index contributed by atoms with van der Waals surface area (Å²) >= 11 is 0. The Morgan fingerprint density at radius 1 is 1.10 bits per heavy atom. The van der Waals surface area contributed by atoms with E-state index >= 15 is 0 Å². The third-order valence-electron chi connectivity index (χ3n) is 4.31. The topological polar surface area (TPSA) is 68.5 Å². The van der Waals surface area contributed by atoms with E-state index in [0.717, 1.165) is 0 Å². The second-order valence-corrected chi connectivity index (χ2v) is 6.28. The van der Waals surface area contributed by atoms with E-state index in [-0.39, 0.29) is 30.2 Å². The highest BCUT2D eigenvalue weighted by molar-refractivity contribution is 5.92. The van der Waals surface area contributed by atoms with Crippen LogP contribution in [0.4, 0.5) is 8.78 Å². The first-order valence-electron chi connectivity index (χ1n) is 8.82. The van der Waals surface area contributed by atoms with Gasteiger partial charge in [0.1, 0.15) is 29.7 Å². The smallest absolute Gasteiger partial charge is 0.271 e. The molecule has 1 N–H and O–H groups in total. The number of amides is 1. The number of nitrogens with one attached hydrogen (secondary N) is 1. The van der Waals surface area contributed by atoms with E-state index in [1.165, 1.54) is 30.5 Å². The maximum absolute atomic E-state index is 14.1. The molecule has 8 heteroatoms. The maximum Gasteiger partial charge on any atom is 0.271 e. The molecular formula is C21H16F2N4O2. The summed E-state index contributed by atoms with van der Waals surface area (Å²) in [5, 5.41) is 2.64. The highest BCUT2D eigenvalue weighted by Gasteiger charge is 2.12. The fourth-order valence-electron chi connectivity index (χ4n) is 2.77. The van der Waals surface area contributed by atoms with Crippen LogP contribution in [0.1, 0.15) is 21.6 Å². The molecule has 0 aliphatic heterocycles. The minimum Gasteiger partial charge on any atom is -0.489 e. The van der Waals surface area contributed by atoms with Crippen LogP contribution in [-0.2, 0) is 13.2 Å². The fraction of sp³-hybridized carbons (Fsp3) is 0.0952. The van der Waals surface area contributed by atoms with Crippen LogP contribution in [0, 0.1) is 11.6 Å². The Kier molecular flexibility index (Phi) is 5.15. The highest BCUT2D eigenvalue weighted by Crippen LogP contribution is 2.19. The molecule has 2 aromatic heterocycles. The molecular weight excluding hydrogens is 378 g/mol. The lowest BCUT2D eigenvalue weighted by Crippen LogP contribution is -2.23. The number of rotatable bonds is 6. The number of nitrogens with zero attached hydrogens (tertiary/aromatic N) is 3. The van der Waals surface area contributed by atoms with Crippen molar-refractivity contribution in [3.63, 3.8) is 0 Å². The van der Waals surface area contributed by atoms with Crippen LogP contribution < -0.4 is 10.1 Å². The zero-order chi connectivity index (χ0) is 20.2. The lowest BCUT2D eigenvalue weighted by molar-refractivity contribution is 0.0946. The van der Waals surface area contributed by atoms with Crippen LogP contribution in [0.3, 0.4) is 0 Å². The summed E-state index contributed by atoms with van der Waals surface area (Å²) in [6.45, 7) is -0.0346. The van der Waals surface area contributed by atoms with Crippen molar-refractivity contribution in [1.82, 2.24) is 19.7 Å². The molecule has 0 fully saturated rings. The zero-order valence-electron chi connectivity index (χ0n) is 15.2. The van der Waals surface area contributed by atoms with Gasteiger partial charge in [0.2, 0.25) is 0 Å². The molecule has 0 saturated heterocycles. The van der Waals surface area contributed by atoms with Gasteiger partial charge in [-0.1, -0.05) is 18.2 Å². The molecule has 4 aromatic rings. The molecule has 1 amide bonds. The lowest BCUT2D eigenvalue weighted by Gasteiger charge is -2.10. The average Bonchev–Trinajstić information content (AvgIpc) is 3.17. The molecule has 0 unspecified atom stereocenters. The van der Waals surface area contributed by atoms with Crippen LogP contribution in [0.5, 0.6) is 5.75 Å². The fourth-order valence-corrected chi connectivity index (χ4v) is 2.77. The molecule has 0 radical (unpaired) electrons. The number of fused-ring (bicyclic) bond motifs is 1. The molecule has 2 heterocycles. The third-order valence-corrected chi connectivity index (χ3v) is 4.31. The van der Waals surface area contributed by atoms with Crippen LogP contribution in [-0.4, -0.2) is 20.3 Å². The summed E-state index contributed by atoms with van der Waals surface area (Å²) in [7, 11) is 0. The molecule has 4 rings (SSSR count). The number of imidazole rings is 1. The minimum atomic E-state index is -0.484. The number of halogens is 2. The Balaban J connectivity index is 1.42. The summed E-state index contributed by atoms with van der Waals surface area (Å²) in [6.07, 6.45) is 6.36. The van der Waals surface area contributed by atoms with Gasteiger partial charge in [-0.2, -0.15) is 0 Å². The summed E-state index contributed by atoms with van der Waals surface area (Å²) in [6, 6.07) is 10.4. The number of hydrogen-bond donors (Lipinski definition) is 1. The summed E-state index contributed by atoms with van der Waals surface area (Å²) in [5.74, 6) is -0.920. The first-order valence-corrected chi connectivity index (χ1v) is 8.82. The van der Waals surface area contributed by atoms with Gasteiger partial charge in [0.25, 0.3) is 5.91 Å². The van der Waals surface area contributed by atoms with Gasteiger partial charge in [-0.3, -0.25) is 9.78 Å². The predicted molar refractivity (Wildman–Crippen MR) is 101 cm³/mol. The summed E-state index contributed by atoms with van der Waals surface area (Å²) in [5.41, 5.74) is 1.38. The molecule has 29 heavy (non-hydrogen) atoms. The second kappa shape index (κ2) is 8.05. The monoisotopic (exact) mass is 394 g/mol. The molecule has 6 nitrogen and oxygen atoms in total. The van der Waals surface area contributed by atoms with E-state index in [2.05, 4.69) is 15.3 Å². The Hall–Kier alpha value is -3.81. The van der Waals surface area contributed by atoms with Gasteiger partial charge < -0.3 is 14.5 Å². The van der Waals surface area contributed by atoms with Crippen LogP contribution in [0.2, 0.25) is 0 Å². The first kappa shape index (κ1) is 18.5. The molecule has 146 valence electrons. The van der Waals surface area contributed by atoms with Crippen molar-refractivity contribution in [3.8, 4) is 5.75 Å². The van der Waals surface area contributed by atoms with Crippen molar-refractivity contribution < 1.29 is 18.3 Å². The predicted octanol–water partition coefficient (Wildman–Crippen LogP) is 3.52. The number of hydrogen-bond acceptors (Lipinski definition) is 4. The average molecular weight is 394 g/mol. The van der Waals surface area contributed by atoms with Gasteiger partial charge in [-0.15, -0.1) is 0 Å². The third kappa shape index (κ3) is 4.21. The van der Waals surface area contributed by atoms with E-state index in [1.54, 1.807) is 41.2 Å². The lowest BCUT2D eigenvalue weighted by atomic mass is 10.2. The largest absolute Gasteiger partial charge is 0.489 e. The number of aromatic nitrogens is 3. The van der Waals surface area contributed by atoms with Gasteiger partial charge in [0, 0.05) is 36.3 Å². The van der Waals surface area contributed by atoms with Crippen LogP contribution >= 0.6 is 0 Å². The maximum atomic E-state index is 14.1. The quantitative estimate of drug-likeness (QED) is 0.543. The van der Waals surface area contributed by atoms with Crippen molar-refractivity contribution in [2.75, 3.05) is 0 Å². The van der Waals surface area contributed by atoms with Crippen molar-refractivity contribution in [1.29, 1.82) is 0 Å². The van der Waals surface area contributed by atoms with E-state index in [9.17, 15) is 13.6 Å². The Morgan fingerprint density at radius 3 is 2.76 bits per heavy atom. The van der Waals surface area contributed by atoms with Crippen molar-refractivity contribution in [2.45, 2.75) is 13.2 Å². The van der Waals surface area contributed by atoms with E-state index < -0.39 is 11.7 Å². The first-order chi connectivity index (χ1) is 14.1. The second-order valence-electron chi connectivity index (χ2n) is 6.28. The molecule has 0 bridgehead atoms.